The van der Waals surface area contributed by atoms with Crippen LogP contribution in [0.4, 0.5) is 14.5 Å². The van der Waals surface area contributed by atoms with Crippen LogP contribution in [-0.2, 0) is 0 Å². The SMILES string of the molecule is O=C(Nc1ccc(F)c(F)c1)c1cc2ccccc2nn1. The van der Waals surface area contributed by atoms with Crippen molar-refractivity contribution < 1.29 is 13.6 Å². The van der Waals surface area contributed by atoms with Gasteiger partial charge in [-0.2, -0.15) is 0 Å². The Morgan fingerprint density at radius 3 is 2.57 bits per heavy atom. The maximum absolute atomic E-state index is 13.1. The highest BCUT2D eigenvalue weighted by molar-refractivity contribution is 6.04. The van der Waals surface area contributed by atoms with Crippen molar-refractivity contribution in [2.45, 2.75) is 0 Å². The van der Waals surface area contributed by atoms with Crippen molar-refractivity contribution in [1.29, 1.82) is 0 Å². The van der Waals surface area contributed by atoms with E-state index in [1.54, 1.807) is 18.2 Å². The summed E-state index contributed by atoms with van der Waals surface area (Å²) in [7, 11) is 0. The number of amides is 1. The summed E-state index contributed by atoms with van der Waals surface area (Å²) in [4.78, 5) is 12.0. The molecular weight excluding hydrogens is 276 g/mol. The van der Waals surface area contributed by atoms with E-state index in [0.717, 1.165) is 17.5 Å². The molecule has 0 saturated heterocycles. The number of benzene rings is 2. The molecule has 3 rings (SSSR count). The Bertz CT molecular complexity index is 836. The van der Waals surface area contributed by atoms with Gasteiger partial charge in [0.25, 0.3) is 5.91 Å². The van der Waals surface area contributed by atoms with Crippen molar-refractivity contribution in [2.75, 3.05) is 5.32 Å². The lowest BCUT2D eigenvalue weighted by Gasteiger charge is -2.05. The molecule has 104 valence electrons. The summed E-state index contributed by atoms with van der Waals surface area (Å²) in [5.74, 6) is -2.55. The lowest BCUT2D eigenvalue weighted by Crippen LogP contribution is -2.14. The highest BCUT2D eigenvalue weighted by Gasteiger charge is 2.11. The smallest absolute Gasteiger partial charge is 0.276 e. The summed E-state index contributed by atoms with van der Waals surface area (Å²) in [6.07, 6.45) is 0. The number of carbonyl (C=O) groups is 1. The summed E-state index contributed by atoms with van der Waals surface area (Å²) >= 11 is 0. The van der Waals surface area contributed by atoms with Gasteiger partial charge in [-0.1, -0.05) is 18.2 Å². The lowest BCUT2D eigenvalue weighted by molar-refractivity contribution is 0.102. The molecule has 0 atom stereocenters. The van der Waals surface area contributed by atoms with Crippen LogP contribution < -0.4 is 5.32 Å². The third kappa shape index (κ3) is 2.69. The van der Waals surface area contributed by atoms with E-state index in [4.69, 9.17) is 0 Å². The molecule has 0 aliphatic rings. The second-order valence-corrected chi connectivity index (χ2v) is 4.37. The summed E-state index contributed by atoms with van der Waals surface area (Å²) < 4.78 is 25.9. The summed E-state index contributed by atoms with van der Waals surface area (Å²) in [6, 6.07) is 11.9. The number of carbonyl (C=O) groups excluding carboxylic acids is 1. The Labute approximate surface area is 118 Å². The fourth-order valence-corrected chi connectivity index (χ4v) is 1.86. The fraction of sp³-hybridized carbons (Fsp3) is 0. The molecule has 0 fully saturated rings. The zero-order valence-electron chi connectivity index (χ0n) is 10.7. The number of fused-ring (bicyclic) bond motifs is 1. The van der Waals surface area contributed by atoms with Crippen molar-refractivity contribution in [3.05, 3.63) is 65.9 Å². The zero-order chi connectivity index (χ0) is 14.8. The second-order valence-electron chi connectivity index (χ2n) is 4.37. The quantitative estimate of drug-likeness (QED) is 0.787. The average molecular weight is 285 g/mol. The first kappa shape index (κ1) is 13.1. The molecule has 1 heterocycles. The summed E-state index contributed by atoms with van der Waals surface area (Å²) in [5.41, 5.74) is 0.911. The van der Waals surface area contributed by atoms with Crippen LogP contribution in [0.1, 0.15) is 10.5 Å². The van der Waals surface area contributed by atoms with Crippen molar-refractivity contribution in [3.63, 3.8) is 0 Å². The first-order valence-electron chi connectivity index (χ1n) is 6.12. The van der Waals surface area contributed by atoms with E-state index in [1.165, 1.54) is 6.07 Å². The number of nitrogens with one attached hydrogen (secondary N) is 1. The van der Waals surface area contributed by atoms with Gasteiger partial charge in [0.2, 0.25) is 0 Å². The highest BCUT2D eigenvalue weighted by atomic mass is 19.2. The molecular formula is C15H9F2N3O. The predicted molar refractivity (Wildman–Crippen MR) is 73.8 cm³/mol. The van der Waals surface area contributed by atoms with Crippen molar-refractivity contribution in [2.24, 2.45) is 0 Å². The van der Waals surface area contributed by atoms with Crippen LogP contribution in [0.15, 0.2) is 48.5 Å². The number of halogens is 2. The van der Waals surface area contributed by atoms with Crippen molar-refractivity contribution >= 4 is 22.5 Å². The maximum Gasteiger partial charge on any atom is 0.276 e. The van der Waals surface area contributed by atoms with E-state index in [-0.39, 0.29) is 11.4 Å². The van der Waals surface area contributed by atoms with Crippen LogP contribution in [0.2, 0.25) is 0 Å². The van der Waals surface area contributed by atoms with E-state index >= 15 is 0 Å². The van der Waals surface area contributed by atoms with Crippen LogP contribution >= 0.6 is 0 Å². The Hall–Kier alpha value is -2.89. The fourth-order valence-electron chi connectivity index (χ4n) is 1.86. The third-order valence-electron chi connectivity index (χ3n) is 2.90. The van der Waals surface area contributed by atoms with E-state index < -0.39 is 17.5 Å². The first-order chi connectivity index (χ1) is 10.1. The van der Waals surface area contributed by atoms with Crippen LogP contribution in [0.5, 0.6) is 0 Å². The average Bonchev–Trinajstić information content (AvgIpc) is 2.50. The maximum atomic E-state index is 13.1. The number of nitrogens with zero attached hydrogens (tertiary/aromatic N) is 2. The molecule has 1 N–H and O–H groups in total. The Balaban J connectivity index is 1.87. The van der Waals surface area contributed by atoms with Gasteiger partial charge in [-0.05, 0) is 24.3 Å². The molecule has 0 unspecified atom stereocenters. The van der Waals surface area contributed by atoms with Crippen LogP contribution in [0.3, 0.4) is 0 Å². The van der Waals surface area contributed by atoms with Gasteiger partial charge in [0.1, 0.15) is 0 Å². The van der Waals surface area contributed by atoms with Crippen molar-refractivity contribution in [1.82, 2.24) is 10.2 Å². The van der Waals surface area contributed by atoms with Gasteiger partial charge in [-0.3, -0.25) is 4.79 Å². The minimum absolute atomic E-state index is 0.0958. The molecule has 0 aliphatic carbocycles. The molecule has 0 bridgehead atoms. The minimum atomic E-state index is -1.03. The molecule has 21 heavy (non-hydrogen) atoms. The van der Waals surface area contributed by atoms with Gasteiger partial charge in [-0.15, -0.1) is 10.2 Å². The first-order valence-corrected chi connectivity index (χ1v) is 6.12. The molecule has 1 amide bonds. The molecule has 3 aromatic rings. The Morgan fingerprint density at radius 2 is 1.76 bits per heavy atom. The topological polar surface area (TPSA) is 54.9 Å². The minimum Gasteiger partial charge on any atom is -0.320 e. The third-order valence-corrected chi connectivity index (χ3v) is 2.90. The van der Waals surface area contributed by atoms with E-state index in [9.17, 15) is 13.6 Å². The molecule has 0 saturated carbocycles. The molecule has 4 nitrogen and oxygen atoms in total. The van der Waals surface area contributed by atoms with Gasteiger partial charge in [-0.25, -0.2) is 8.78 Å². The van der Waals surface area contributed by atoms with Crippen molar-refractivity contribution in [3.8, 4) is 0 Å². The second kappa shape index (κ2) is 5.24. The van der Waals surface area contributed by atoms with E-state index in [2.05, 4.69) is 15.5 Å². The zero-order valence-corrected chi connectivity index (χ0v) is 10.7. The van der Waals surface area contributed by atoms with E-state index in [1.807, 2.05) is 12.1 Å². The Morgan fingerprint density at radius 1 is 0.952 bits per heavy atom. The molecule has 0 radical (unpaired) electrons. The molecule has 6 heteroatoms. The molecule has 0 spiro atoms. The number of hydrogen-bond donors (Lipinski definition) is 1. The standard InChI is InChI=1S/C15H9F2N3O/c16-11-6-5-10(8-12(11)17)18-15(21)14-7-9-3-1-2-4-13(9)19-20-14/h1-8H,(H,18,21). The van der Waals surface area contributed by atoms with Gasteiger partial charge in [0.15, 0.2) is 17.3 Å². The number of anilines is 1. The van der Waals surface area contributed by atoms with Crippen LogP contribution in [0, 0.1) is 11.6 Å². The van der Waals surface area contributed by atoms with E-state index in [0.29, 0.717) is 5.52 Å². The van der Waals surface area contributed by atoms with Gasteiger partial charge >= 0.3 is 0 Å². The highest BCUT2D eigenvalue weighted by Crippen LogP contribution is 2.15. The Kier molecular flexibility index (Phi) is 3.27. The normalized spacial score (nSPS) is 10.6. The van der Waals surface area contributed by atoms with Crippen LogP contribution in [-0.4, -0.2) is 16.1 Å². The molecule has 0 aliphatic heterocycles. The molecule has 2 aromatic carbocycles. The monoisotopic (exact) mass is 285 g/mol. The predicted octanol–water partition coefficient (Wildman–Crippen LogP) is 3.16. The number of hydrogen-bond acceptors (Lipinski definition) is 3. The van der Waals surface area contributed by atoms with Crippen LogP contribution in [0.25, 0.3) is 10.9 Å². The summed E-state index contributed by atoms with van der Waals surface area (Å²) in [5, 5.41) is 11.0. The number of aromatic nitrogens is 2. The van der Waals surface area contributed by atoms with Gasteiger partial charge in [0.05, 0.1) is 5.52 Å². The lowest BCUT2D eigenvalue weighted by atomic mass is 10.2. The number of rotatable bonds is 2. The largest absolute Gasteiger partial charge is 0.320 e. The summed E-state index contributed by atoms with van der Waals surface area (Å²) in [6.45, 7) is 0. The molecule has 1 aromatic heterocycles. The van der Waals surface area contributed by atoms with Gasteiger partial charge < -0.3 is 5.32 Å². The van der Waals surface area contributed by atoms with Gasteiger partial charge in [0, 0.05) is 17.1 Å².